The molecular formula is C19H13FN2O3. The molecule has 0 spiro atoms. The quantitative estimate of drug-likeness (QED) is 0.737. The number of hydrogen-bond acceptors (Lipinski definition) is 5. The third kappa shape index (κ3) is 2.52. The lowest BCUT2D eigenvalue weighted by molar-refractivity contribution is 0.0812. The Kier molecular flexibility index (Phi) is 3.46. The predicted octanol–water partition coefficient (Wildman–Crippen LogP) is 3.78. The maximum absolute atomic E-state index is 13.2. The van der Waals surface area contributed by atoms with Gasteiger partial charge in [0.15, 0.2) is 11.5 Å². The SMILES string of the molecule is Cc1cc(F)ccc1NCc1nc2c(o1)-c1ccccc1C(=O)C2=O. The number of aromatic nitrogens is 1. The van der Waals surface area contributed by atoms with Crippen LogP contribution in [0.25, 0.3) is 11.3 Å². The number of halogens is 1. The average Bonchev–Trinajstić information content (AvgIpc) is 3.03. The molecule has 1 aromatic heterocycles. The normalized spacial score (nSPS) is 12.7. The number of aryl methyl sites for hydroxylation is 1. The first kappa shape index (κ1) is 15.3. The lowest BCUT2D eigenvalue weighted by Crippen LogP contribution is -2.20. The fourth-order valence-electron chi connectivity index (χ4n) is 2.88. The zero-order chi connectivity index (χ0) is 17.6. The number of nitrogens with zero attached hydrogens (tertiary/aromatic N) is 1. The Morgan fingerprint density at radius 2 is 1.84 bits per heavy atom. The first-order valence-corrected chi connectivity index (χ1v) is 7.73. The van der Waals surface area contributed by atoms with E-state index in [9.17, 15) is 14.0 Å². The molecule has 1 aliphatic carbocycles. The van der Waals surface area contributed by atoms with Gasteiger partial charge in [-0.05, 0) is 30.7 Å². The van der Waals surface area contributed by atoms with E-state index in [1.54, 1.807) is 37.3 Å². The highest BCUT2D eigenvalue weighted by Gasteiger charge is 2.35. The van der Waals surface area contributed by atoms with Gasteiger partial charge < -0.3 is 9.73 Å². The van der Waals surface area contributed by atoms with Crippen molar-refractivity contribution in [3.8, 4) is 11.3 Å². The maximum Gasteiger partial charge on any atom is 0.255 e. The van der Waals surface area contributed by atoms with Crippen LogP contribution in [0.2, 0.25) is 0 Å². The van der Waals surface area contributed by atoms with E-state index >= 15 is 0 Å². The van der Waals surface area contributed by atoms with E-state index in [1.807, 2.05) is 0 Å². The molecule has 1 aliphatic rings. The molecule has 0 aliphatic heterocycles. The van der Waals surface area contributed by atoms with Gasteiger partial charge >= 0.3 is 0 Å². The van der Waals surface area contributed by atoms with Crippen LogP contribution in [-0.2, 0) is 6.54 Å². The minimum Gasteiger partial charge on any atom is -0.438 e. The largest absolute Gasteiger partial charge is 0.438 e. The summed E-state index contributed by atoms with van der Waals surface area (Å²) in [6.07, 6.45) is 0. The number of anilines is 1. The van der Waals surface area contributed by atoms with Crippen LogP contribution in [0.3, 0.4) is 0 Å². The molecule has 2 aromatic carbocycles. The van der Waals surface area contributed by atoms with E-state index < -0.39 is 11.6 Å². The third-order valence-corrected chi connectivity index (χ3v) is 4.13. The van der Waals surface area contributed by atoms with Gasteiger partial charge in [-0.3, -0.25) is 9.59 Å². The highest BCUT2D eigenvalue weighted by Crippen LogP contribution is 2.34. The number of nitrogens with one attached hydrogen (secondary N) is 1. The van der Waals surface area contributed by atoms with E-state index in [2.05, 4.69) is 10.3 Å². The van der Waals surface area contributed by atoms with Gasteiger partial charge in [0.1, 0.15) is 5.82 Å². The van der Waals surface area contributed by atoms with Crippen molar-refractivity contribution in [2.75, 3.05) is 5.32 Å². The predicted molar refractivity (Wildman–Crippen MR) is 89.1 cm³/mol. The molecule has 0 unspecified atom stereocenters. The van der Waals surface area contributed by atoms with Crippen molar-refractivity contribution < 1.29 is 18.4 Å². The summed E-state index contributed by atoms with van der Waals surface area (Å²) < 4.78 is 18.9. The van der Waals surface area contributed by atoms with Crippen molar-refractivity contribution in [3.63, 3.8) is 0 Å². The number of fused-ring (bicyclic) bond motifs is 3. The van der Waals surface area contributed by atoms with Gasteiger partial charge in [-0.1, -0.05) is 24.3 Å². The Labute approximate surface area is 142 Å². The van der Waals surface area contributed by atoms with Crippen LogP contribution < -0.4 is 5.32 Å². The Morgan fingerprint density at radius 1 is 1.08 bits per heavy atom. The second-order valence-corrected chi connectivity index (χ2v) is 5.80. The van der Waals surface area contributed by atoms with Crippen molar-refractivity contribution in [3.05, 3.63) is 71.0 Å². The van der Waals surface area contributed by atoms with Crippen LogP contribution in [0.5, 0.6) is 0 Å². The summed E-state index contributed by atoms with van der Waals surface area (Å²) in [5.41, 5.74) is 2.41. The summed E-state index contributed by atoms with van der Waals surface area (Å²) >= 11 is 0. The molecule has 0 fully saturated rings. The number of oxazole rings is 1. The van der Waals surface area contributed by atoms with Crippen LogP contribution in [0.15, 0.2) is 46.9 Å². The van der Waals surface area contributed by atoms with Crippen LogP contribution >= 0.6 is 0 Å². The first-order valence-electron chi connectivity index (χ1n) is 7.73. The average molecular weight is 336 g/mol. The van der Waals surface area contributed by atoms with Crippen LogP contribution in [0.4, 0.5) is 10.1 Å². The highest BCUT2D eigenvalue weighted by atomic mass is 19.1. The molecule has 4 rings (SSSR count). The second-order valence-electron chi connectivity index (χ2n) is 5.80. The number of ketones is 2. The lowest BCUT2D eigenvalue weighted by Gasteiger charge is -2.10. The van der Waals surface area contributed by atoms with Crippen molar-refractivity contribution in [2.24, 2.45) is 0 Å². The molecule has 0 amide bonds. The molecule has 0 radical (unpaired) electrons. The van der Waals surface area contributed by atoms with E-state index in [-0.39, 0.29) is 23.9 Å². The van der Waals surface area contributed by atoms with Gasteiger partial charge in [-0.25, -0.2) is 9.37 Å². The fourth-order valence-corrected chi connectivity index (χ4v) is 2.88. The van der Waals surface area contributed by atoms with Gasteiger partial charge in [-0.15, -0.1) is 0 Å². The monoisotopic (exact) mass is 336 g/mol. The number of benzene rings is 2. The topological polar surface area (TPSA) is 72.2 Å². The molecule has 3 aromatic rings. The van der Waals surface area contributed by atoms with Crippen molar-refractivity contribution in [2.45, 2.75) is 13.5 Å². The number of carbonyl (C=O) groups excluding carboxylic acids is 2. The Bertz CT molecular complexity index is 1020. The van der Waals surface area contributed by atoms with Gasteiger partial charge in [0.2, 0.25) is 11.7 Å². The molecule has 124 valence electrons. The summed E-state index contributed by atoms with van der Waals surface area (Å²) in [5, 5.41) is 3.10. The number of Topliss-reactive ketones (excluding diaryl/α,β-unsaturated/α-hetero) is 2. The second kappa shape index (κ2) is 5.66. The Hall–Kier alpha value is -3.28. The molecule has 1 heterocycles. The standard InChI is InChI=1S/C19H13FN2O3/c1-10-8-11(20)6-7-14(10)21-9-15-22-16-18(24)17(23)12-4-2-3-5-13(12)19(16)25-15/h2-8,21H,9H2,1H3. The van der Waals surface area contributed by atoms with Crippen LogP contribution in [0.1, 0.15) is 32.3 Å². The van der Waals surface area contributed by atoms with Gasteiger partial charge in [0.05, 0.1) is 6.54 Å². The van der Waals surface area contributed by atoms with Crippen molar-refractivity contribution in [1.29, 1.82) is 0 Å². The van der Waals surface area contributed by atoms with E-state index in [4.69, 9.17) is 4.42 Å². The van der Waals surface area contributed by atoms with Gasteiger partial charge in [0, 0.05) is 16.8 Å². The molecule has 0 bridgehead atoms. The lowest BCUT2D eigenvalue weighted by atomic mass is 9.91. The van der Waals surface area contributed by atoms with E-state index in [1.165, 1.54) is 12.1 Å². The molecule has 5 nitrogen and oxygen atoms in total. The summed E-state index contributed by atoms with van der Waals surface area (Å²) in [5.74, 6) is -0.957. The van der Waals surface area contributed by atoms with Crippen LogP contribution in [-0.4, -0.2) is 16.6 Å². The number of rotatable bonds is 3. The molecule has 0 saturated carbocycles. The van der Waals surface area contributed by atoms with Gasteiger partial charge in [-0.2, -0.15) is 0 Å². The van der Waals surface area contributed by atoms with Gasteiger partial charge in [0.25, 0.3) is 5.78 Å². The molecule has 0 saturated heterocycles. The highest BCUT2D eigenvalue weighted by molar-refractivity contribution is 6.52. The maximum atomic E-state index is 13.2. The Morgan fingerprint density at radius 3 is 2.60 bits per heavy atom. The number of hydrogen-bond donors (Lipinski definition) is 1. The smallest absolute Gasteiger partial charge is 0.255 e. The molecular weight excluding hydrogens is 323 g/mol. The van der Waals surface area contributed by atoms with E-state index in [0.29, 0.717) is 16.9 Å². The summed E-state index contributed by atoms with van der Waals surface area (Å²) in [7, 11) is 0. The number of carbonyl (C=O) groups is 2. The minimum absolute atomic E-state index is 0.0383. The molecule has 25 heavy (non-hydrogen) atoms. The fraction of sp³-hybridized carbons (Fsp3) is 0.105. The molecule has 0 atom stereocenters. The molecule has 6 heteroatoms. The summed E-state index contributed by atoms with van der Waals surface area (Å²) in [6, 6.07) is 11.2. The van der Waals surface area contributed by atoms with Crippen molar-refractivity contribution >= 4 is 17.3 Å². The first-order chi connectivity index (χ1) is 12.0. The van der Waals surface area contributed by atoms with Crippen LogP contribution in [0, 0.1) is 12.7 Å². The van der Waals surface area contributed by atoms with E-state index in [0.717, 1.165) is 11.3 Å². The zero-order valence-corrected chi connectivity index (χ0v) is 13.3. The summed E-state index contributed by atoms with van der Waals surface area (Å²) in [6.45, 7) is 1.99. The zero-order valence-electron chi connectivity index (χ0n) is 13.3. The molecule has 1 N–H and O–H groups in total. The van der Waals surface area contributed by atoms with Crippen molar-refractivity contribution in [1.82, 2.24) is 4.98 Å². The Balaban J connectivity index is 1.66. The minimum atomic E-state index is -0.665. The summed E-state index contributed by atoms with van der Waals surface area (Å²) in [4.78, 5) is 28.6. The third-order valence-electron chi connectivity index (χ3n) is 4.13.